The van der Waals surface area contributed by atoms with Crippen LogP contribution in [0.3, 0.4) is 0 Å². The van der Waals surface area contributed by atoms with Crippen molar-refractivity contribution in [2.45, 2.75) is 19.4 Å². The summed E-state index contributed by atoms with van der Waals surface area (Å²) >= 11 is 0. The number of rotatable bonds is 5. The molecule has 0 bridgehead atoms. The summed E-state index contributed by atoms with van der Waals surface area (Å²) in [5.74, 6) is 0. The fourth-order valence-electron chi connectivity index (χ4n) is 2.59. The Morgan fingerprint density at radius 3 is 3.13 bits per heavy atom. The minimum atomic E-state index is 0. The largest absolute Gasteiger partial charge is 0.313 e. The van der Waals surface area contributed by atoms with Gasteiger partial charge in [-0.15, -0.1) is 12.4 Å². The van der Waals surface area contributed by atoms with Crippen molar-refractivity contribution < 1.29 is 0 Å². The lowest BCUT2D eigenvalue weighted by Crippen LogP contribution is -2.21. The average molecular weight is 331 g/mol. The molecule has 0 fully saturated rings. The van der Waals surface area contributed by atoms with Crippen LogP contribution in [-0.2, 0) is 0 Å². The summed E-state index contributed by atoms with van der Waals surface area (Å²) < 4.78 is 0. The van der Waals surface area contributed by atoms with Crippen molar-refractivity contribution in [1.29, 1.82) is 0 Å². The van der Waals surface area contributed by atoms with E-state index in [0.717, 1.165) is 25.0 Å². The Hall–Kier alpha value is -1.75. The van der Waals surface area contributed by atoms with Gasteiger partial charge in [0.1, 0.15) is 0 Å². The van der Waals surface area contributed by atoms with E-state index in [2.05, 4.69) is 57.9 Å². The summed E-state index contributed by atoms with van der Waals surface area (Å²) in [6.07, 6.45) is 7.09. The van der Waals surface area contributed by atoms with Crippen LogP contribution < -0.4 is 10.6 Å². The topological polar surface area (TPSA) is 49.3 Å². The van der Waals surface area contributed by atoms with Gasteiger partial charge < -0.3 is 5.32 Å². The maximum Gasteiger partial charge on any atom is 0.0889 e. The lowest BCUT2D eigenvalue weighted by atomic mass is 10.1. The van der Waals surface area contributed by atoms with Gasteiger partial charge in [-0.1, -0.05) is 18.2 Å². The van der Waals surface area contributed by atoms with Gasteiger partial charge in [0.2, 0.25) is 0 Å². The van der Waals surface area contributed by atoms with Gasteiger partial charge in [0.15, 0.2) is 0 Å². The third-order valence-corrected chi connectivity index (χ3v) is 3.97. The molecule has 1 atom stereocenters. The van der Waals surface area contributed by atoms with Gasteiger partial charge >= 0.3 is 0 Å². The number of halogens is 1. The van der Waals surface area contributed by atoms with Gasteiger partial charge in [0.05, 0.1) is 12.2 Å². The molecule has 4 nitrogen and oxygen atoms in total. The van der Waals surface area contributed by atoms with E-state index < -0.39 is 0 Å². The van der Waals surface area contributed by atoms with Gasteiger partial charge in [0.25, 0.3) is 0 Å². The summed E-state index contributed by atoms with van der Waals surface area (Å²) in [5.41, 5.74) is 3.62. The van der Waals surface area contributed by atoms with Crippen LogP contribution in [0.25, 0.3) is 10.9 Å². The zero-order chi connectivity index (χ0) is 15.2. The van der Waals surface area contributed by atoms with Crippen LogP contribution in [0.15, 0.2) is 53.2 Å². The third-order valence-electron chi connectivity index (χ3n) is 3.97. The first-order valence-corrected chi connectivity index (χ1v) is 7.80. The Morgan fingerprint density at radius 2 is 2.30 bits per heavy atom. The number of nitrogens with one attached hydrogen (secondary N) is 2. The van der Waals surface area contributed by atoms with Crippen molar-refractivity contribution in [2.24, 2.45) is 4.99 Å². The van der Waals surface area contributed by atoms with E-state index in [-0.39, 0.29) is 18.4 Å². The van der Waals surface area contributed by atoms with Gasteiger partial charge in [-0.3, -0.25) is 15.3 Å². The molecule has 0 amide bonds. The molecule has 2 N–H and O–H groups in total. The van der Waals surface area contributed by atoms with Crippen LogP contribution in [-0.4, -0.2) is 31.0 Å². The van der Waals surface area contributed by atoms with E-state index in [9.17, 15) is 0 Å². The highest BCUT2D eigenvalue weighted by molar-refractivity contribution is 5.85. The van der Waals surface area contributed by atoms with Crippen molar-refractivity contribution in [3.05, 3.63) is 53.7 Å². The third kappa shape index (κ3) is 4.86. The first-order chi connectivity index (χ1) is 10.8. The Balaban J connectivity index is 0.00000192. The molecule has 1 unspecified atom stereocenters. The molecule has 0 spiro atoms. The van der Waals surface area contributed by atoms with E-state index >= 15 is 0 Å². The number of aromatic nitrogens is 1. The van der Waals surface area contributed by atoms with E-state index in [1.165, 1.54) is 16.5 Å². The molecule has 5 heteroatoms. The quantitative estimate of drug-likeness (QED) is 0.827. The predicted molar refractivity (Wildman–Crippen MR) is 99.5 cm³/mol. The molecule has 0 saturated carbocycles. The number of benzene rings is 1. The molecule has 1 aromatic heterocycles. The zero-order valence-electron chi connectivity index (χ0n) is 13.3. The smallest absolute Gasteiger partial charge is 0.0889 e. The fourth-order valence-corrected chi connectivity index (χ4v) is 2.59. The maximum atomic E-state index is 4.48. The number of pyridine rings is 1. The van der Waals surface area contributed by atoms with Gasteiger partial charge in [-0.25, -0.2) is 0 Å². The lowest BCUT2D eigenvalue weighted by Gasteiger charge is -2.14. The molecular weight excluding hydrogens is 308 g/mol. The van der Waals surface area contributed by atoms with Crippen molar-refractivity contribution in [3.8, 4) is 0 Å². The Bertz CT molecular complexity index is 696. The minimum Gasteiger partial charge on any atom is -0.313 e. The van der Waals surface area contributed by atoms with Crippen molar-refractivity contribution in [3.63, 3.8) is 0 Å². The second kappa shape index (κ2) is 8.77. The van der Waals surface area contributed by atoms with Crippen LogP contribution >= 0.6 is 12.4 Å². The van der Waals surface area contributed by atoms with Crippen LogP contribution in [0.5, 0.6) is 0 Å². The van der Waals surface area contributed by atoms with Crippen LogP contribution in [0, 0.1) is 0 Å². The summed E-state index contributed by atoms with van der Waals surface area (Å²) in [7, 11) is 0. The molecule has 2 heterocycles. The van der Waals surface area contributed by atoms with E-state index in [1.807, 2.05) is 18.5 Å². The van der Waals surface area contributed by atoms with E-state index in [4.69, 9.17) is 0 Å². The van der Waals surface area contributed by atoms with Crippen molar-refractivity contribution in [2.75, 3.05) is 19.8 Å². The molecule has 0 radical (unpaired) electrons. The van der Waals surface area contributed by atoms with Gasteiger partial charge in [-0.2, -0.15) is 0 Å². The SMILES string of the molecule is CC(NCN=CC1=CCNCC1)c1ccc2ncccc2c1.Cl. The molecule has 1 aliphatic rings. The van der Waals surface area contributed by atoms with Crippen LogP contribution in [0.1, 0.15) is 24.9 Å². The lowest BCUT2D eigenvalue weighted by molar-refractivity contribution is 0.590. The molecule has 0 saturated heterocycles. The number of aliphatic imine (C=N–C) groups is 1. The minimum absolute atomic E-state index is 0. The number of fused-ring (bicyclic) bond motifs is 1. The summed E-state index contributed by atoms with van der Waals surface area (Å²) in [5, 5.41) is 7.92. The molecule has 0 aliphatic carbocycles. The highest BCUT2D eigenvalue weighted by Gasteiger charge is 2.05. The van der Waals surface area contributed by atoms with Crippen LogP contribution in [0.2, 0.25) is 0 Å². The summed E-state index contributed by atoms with van der Waals surface area (Å²) in [6.45, 7) is 4.80. The Labute approximate surface area is 143 Å². The monoisotopic (exact) mass is 330 g/mol. The first-order valence-electron chi connectivity index (χ1n) is 7.80. The molecule has 1 aliphatic heterocycles. The molecule has 23 heavy (non-hydrogen) atoms. The second-order valence-corrected chi connectivity index (χ2v) is 5.58. The van der Waals surface area contributed by atoms with Gasteiger partial charge in [0, 0.05) is 30.4 Å². The summed E-state index contributed by atoms with van der Waals surface area (Å²) in [4.78, 5) is 8.83. The molecular formula is C18H23ClN4. The second-order valence-electron chi connectivity index (χ2n) is 5.58. The fraction of sp³-hybridized carbons (Fsp3) is 0.333. The van der Waals surface area contributed by atoms with Crippen molar-refractivity contribution in [1.82, 2.24) is 15.6 Å². The first kappa shape index (κ1) is 17.6. The highest BCUT2D eigenvalue weighted by atomic mass is 35.5. The normalized spacial score (nSPS) is 16.1. The number of nitrogens with zero attached hydrogens (tertiary/aromatic N) is 2. The van der Waals surface area contributed by atoms with Crippen LogP contribution in [0.4, 0.5) is 0 Å². The Morgan fingerprint density at radius 1 is 1.39 bits per heavy atom. The van der Waals surface area contributed by atoms with Crippen molar-refractivity contribution >= 4 is 29.5 Å². The number of hydrogen-bond donors (Lipinski definition) is 2. The van der Waals surface area contributed by atoms with E-state index in [0.29, 0.717) is 6.67 Å². The molecule has 3 rings (SSSR count). The highest BCUT2D eigenvalue weighted by Crippen LogP contribution is 2.18. The number of hydrogen-bond acceptors (Lipinski definition) is 4. The standard InChI is InChI=1S/C18H22N4.ClH/c1-14(22-13-20-12-15-6-9-19-10-7-15)16-4-5-18-17(11-16)3-2-8-21-18;/h2-6,8,11-12,14,19,22H,7,9-10,13H2,1H3;1H. The maximum absolute atomic E-state index is 4.48. The summed E-state index contributed by atoms with van der Waals surface area (Å²) in [6, 6.07) is 10.7. The van der Waals surface area contributed by atoms with Gasteiger partial charge in [-0.05, 0) is 49.2 Å². The predicted octanol–water partition coefficient (Wildman–Crippen LogP) is 3.26. The molecule has 2 aromatic rings. The Kier molecular flexibility index (Phi) is 6.71. The average Bonchev–Trinajstić information content (AvgIpc) is 2.59. The zero-order valence-corrected chi connectivity index (χ0v) is 14.1. The molecule has 1 aromatic carbocycles. The molecule has 122 valence electrons. The van der Waals surface area contributed by atoms with E-state index in [1.54, 1.807) is 0 Å².